The van der Waals surface area contributed by atoms with Gasteiger partial charge in [0.1, 0.15) is 23.7 Å². The molecule has 5 heterocycles. The van der Waals surface area contributed by atoms with Crippen LogP contribution in [0, 0.1) is 6.92 Å². The summed E-state index contributed by atoms with van der Waals surface area (Å²) in [6, 6.07) is 11.9. The van der Waals surface area contributed by atoms with Gasteiger partial charge in [-0.2, -0.15) is 10.2 Å². The van der Waals surface area contributed by atoms with Crippen LogP contribution >= 0.6 is 0 Å². The number of hydrogen-bond acceptors (Lipinski definition) is 9. The van der Waals surface area contributed by atoms with Crippen LogP contribution in [0.2, 0.25) is 0 Å². The van der Waals surface area contributed by atoms with Gasteiger partial charge in [-0.3, -0.25) is 9.59 Å². The Morgan fingerprint density at radius 1 is 1.05 bits per heavy atom. The Balaban J connectivity index is 1.18. The van der Waals surface area contributed by atoms with Crippen LogP contribution in [0.1, 0.15) is 17.3 Å². The van der Waals surface area contributed by atoms with Gasteiger partial charge in [-0.05, 0) is 19.1 Å². The monoisotopic (exact) mass is 513 g/mol. The molecule has 1 N–H and O–H groups in total. The molecule has 12 heteroatoms. The number of para-hydroxylation sites is 1. The van der Waals surface area contributed by atoms with E-state index in [0.29, 0.717) is 54.8 Å². The van der Waals surface area contributed by atoms with E-state index >= 15 is 0 Å². The van der Waals surface area contributed by atoms with Crippen LogP contribution in [0.15, 0.2) is 55.1 Å². The molecule has 4 aromatic rings. The molecule has 1 fully saturated rings. The maximum absolute atomic E-state index is 13.5. The molecule has 0 saturated carbocycles. The van der Waals surface area contributed by atoms with Crippen LogP contribution in [-0.2, 0) is 9.59 Å². The van der Waals surface area contributed by atoms with Gasteiger partial charge in [-0.25, -0.2) is 19.3 Å². The molecule has 1 unspecified atom stereocenters. The number of benzene rings is 1. The number of methoxy groups -OCH3 is 1. The first-order valence-electron chi connectivity index (χ1n) is 12.4. The molecule has 1 amide bonds. The number of nitrogens with zero attached hydrogens (tertiary/aromatic N) is 8. The maximum atomic E-state index is 13.5. The molecule has 0 aliphatic carbocycles. The average Bonchev–Trinajstić information content (AvgIpc) is 3.72. The van der Waals surface area contributed by atoms with Gasteiger partial charge in [-0.1, -0.05) is 18.2 Å². The van der Waals surface area contributed by atoms with Crippen LogP contribution in [0.5, 0.6) is 5.75 Å². The predicted molar refractivity (Wildman–Crippen MR) is 139 cm³/mol. The van der Waals surface area contributed by atoms with Gasteiger partial charge in [0.05, 0.1) is 36.8 Å². The number of carbonyl (C=O) groups excluding carboxylic acids is 2. The number of pyridine rings is 1. The molecule has 0 bridgehead atoms. The van der Waals surface area contributed by atoms with Gasteiger partial charge in [0.25, 0.3) is 5.91 Å². The maximum Gasteiger partial charge on any atom is 0.290 e. The van der Waals surface area contributed by atoms with E-state index in [-0.39, 0.29) is 6.54 Å². The quantitative estimate of drug-likeness (QED) is 0.383. The Morgan fingerprint density at radius 3 is 2.55 bits per heavy atom. The van der Waals surface area contributed by atoms with Crippen molar-refractivity contribution in [3.63, 3.8) is 0 Å². The van der Waals surface area contributed by atoms with Crippen molar-refractivity contribution in [2.75, 3.05) is 50.1 Å². The SMILES string of the molecule is COc1cnc(-n2cnc(C)n2)c2c1C(C(=O)C(=O)N1CCN(c3ccnn3-c3ccccc3)CC1)CN2. The lowest BCUT2D eigenvalue weighted by molar-refractivity contribution is -0.145. The van der Waals surface area contributed by atoms with Crippen molar-refractivity contribution in [1.82, 2.24) is 34.4 Å². The highest BCUT2D eigenvalue weighted by Gasteiger charge is 2.40. The van der Waals surface area contributed by atoms with Gasteiger partial charge in [-0.15, -0.1) is 0 Å². The second kappa shape index (κ2) is 9.61. The van der Waals surface area contributed by atoms with E-state index in [1.807, 2.05) is 41.1 Å². The fourth-order valence-electron chi connectivity index (χ4n) is 5.08. The summed E-state index contributed by atoms with van der Waals surface area (Å²) in [4.78, 5) is 39.3. The summed E-state index contributed by atoms with van der Waals surface area (Å²) in [6.45, 7) is 4.13. The van der Waals surface area contributed by atoms with Crippen molar-refractivity contribution in [1.29, 1.82) is 0 Å². The molecule has 1 aromatic carbocycles. The van der Waals surface area contributed by atoms with Crippen LogP contribution in [0.4, 0.5) is 11.5 Å². The number of Topliss-reactive ketones (excluding diaryl/α,β-unsaturated/α-hetero) is 1. The molecule has 2 aliphatic heterocycles. The molecular formula is C26H27N9O3. The van der Waals surface area contributed by atoms with Gasteiger partial charge >= 0.3 is 0 Å². The van der Waals surface area contributed by atoms with E-state index in [1.165, 1.54) is 7.11 Å². The van der Waals surface area contributed by atoms with Crippen molar-refractivity contribution < 1.29 is 14.3 Å². The predicted octanol–water partition coefficient (Wildman–Crippen LogP) is 1.59. The molecule has 2 aliphatic rings. The highest BCUT2D eigenvalue weighted by atomic mass is 16.5. The van der Waals surface area contributed by atoms with Crippen LogP contribution in [0.3, 0.4) is 0 Å². The second-order valence-electron chi connectivity index (χ2n) is 9.19. The minimum Gasteiger partial charge on any atom is -0.495 e. The zero-order chi connectivity index (χ0) is 26.2. The number of aryl methyl sites for hydroxylation is 1. The van der Waals surface area contributed by atoms with Gasteiger partial charge in [0.15, 0.2) is 5.82 Å². The minimum atomic E-state index is -0.684. The first-order valence-corrected chi connectivity index (χ1v) is 12.4. The Kier molecular flexibility index (Phi) is 5.98. The Hall–Kier alpha value is -4.74. The van der Waals surface area contributed by atoms with Gasteiger partial charge in [0.2, 0.25) is 5.78 Å². The summed E-state index contributed by atoms with van der Waals surface area (Å²) in [5.74, 6) is 0.877. The number of rotatable bonds is 6. The zero-order valence-electron chi connectivity index (χ0n) is 21.1. The molecule has 194 valence electrons. The highest BCUT2D eigenvalue weighted by molar-refractivity contribution is 6.38. The third-order valence-electron chi connectivity index (χ3n) is 6.98. The number of fused-ring (bicyclic) bond motifs is 1. The van der Waals surface area contributed by atoms with E-state index in [4.69, 9.17) is 4.74 Å². The standard InChI is InChI=1S/C26H27N9O3/c1-17-29-16-34(31-17)25-23-22(20(38-2)15-28-25)19(14-27-23)24(36)26(37)33-12-10-32(11-13-33)21-8-9-30-35(21)18-6-4-3-5-7-18/h3-9,15-16,19,27H,10-14H2,1-2H3. The van der Waals surface area contributed by atoms with Crippen LogP contribution in [-0.4, -0.2) is 86.0 Å². The Labute approximate surface area is 218 Å². The first kappa shape index (κ1) is 23.6. The normalized spacial score (nSPS) is 16.7. The molecule has 3 aromatic heterocycles. The summed E-state index contributed by atoms with van der Waals surface area (Å²) in [5.41, 5.74) is 2.21. The fourth-order valence-corrected chi connectivity index (χ4v) is 5.08. The molecular weight excluding hydrogens is 486 g/mol. The highest BCUT2D eigenvalue weighted by Crippen LogP contribution is 2.41. The van der Waals surface area contributed by atoms with E-state index in [9.17, 15) is 9.59 Å². The zero-order valence-corrected chi connectivity index (χ0v) is 21.1. The van der Waals surface area contributed by atoms with Crippen molar-refractivity contribution in [3.8, 4) is 17.3 Å². The van der Waals surface area contributed by atoms with Crippen molar-refractivity contribution >= 4 is 23.2 Å². The molecule has 12 nitrogen and oxygen atoms in total. The lowest BCUT2D eigenvalue weighted by atomic mass is 9.95. The smallest absolute Gasteiger partial charge is 0.290 e. The number of piperazine rings is 1. The van der Waals surface area contributed by atoms with E-state index in [0.717, 1.165) is 11.5 Å². The average molecular weight is 514 g/mol. The van der Waals surface area contributed by atoms with Crippen molar-refractivity contribution in [3.05, 3.63) is 66.5 Å². The van der Waals surface area contributed by atoms with E-state index < -0.39 is 17.6 Å². The van der Waals surface area contributed by atoms with Crippen LogP contribution < -0.4 is 15.0 Å². The number of amides is 1. The third kappa shape index (κ3) is 4.03. The number of anilines is 2. The summed E-state index contributed by atoms with van der Waals surface area (Å²) in [6.07, 6.45) is 4.89. The number of ether oxygens (including phenoxy) is 1. The number of hydrogen-bond donors (Lipinski definition) is 1. The largest absolute Gasteiger partial charge is 0.495 e. The lowest BCUT2D eigenvalue weighted by Crippen LogP contribution is -2.51. The number of carbonyl (C=O) groups is 2. The number of ketones is 1. The van der Waals surface area contributed by atoms with Crippen LogP contribution in [0.25, 0.3) is 11.5 Å². The molecule has 0 radical (unpaired) electrons. The second-order valence-corrected chi connectivity index (χ2v) is 9.19. The molecule has 1 atom stereocenters. The molecule has 1 saturated heterocycles. The third-order valence-corrected chi connectivity index (χ3v) is 6.98. The minimum absolute atomic E-state index is 0.277. The Morgan fingerprint density at radius 2 is 1.84 bits per heavy atom. The van der Waals surface area contributed by atoms with Crippen molar-refractivity contribution in [2.24, 2.45) is 0 Å². The summed E-state index contributed by atoms with van der Waals surface area (Å²) < 4.78 is 8.96. The topological polar surface area (TPSA) is 123 Å². The number of nitrogens with one attached hydrogen (secondary N) is 1. The van der Waals surface area contributed by atoms with Crippen molar-refractivity contribution in [2.45, 2.75) is 12.8 Å². The summed E-state index contributed by atoms with van der Waals surface area (Å²) in [7, 11) is 1.53. The first-order chi connectivity index (χ1) is 18.5. The molecule has 38 heavy (non-hydrogen) atoms. The molecule has 6 rings (SSSR count). The van der Waals surface area contributed by atoms with E-state index in [2.05, 4.69) is 30.4 Å². The fraction of sp³-hybridized carbons (Fsp3) is 0.308. The number of aromatic nitrogens is 6. The summed E-state index contributed by atoms with van der Waals surface area (Å²) in [5, 5.41) is 12.1. The summed E-state index contributed by atoms with van der Waals surface area (Å²) >= 11 is 0. The Bertz CT molecular complexity index is 1490. The molecule has 0 spiro atoms. The lowest BCUT2D eigenvalue weighted by Gasteiger charge is -2.36. The van der Waals surface area contributed by atoms with E-state index in [1.54, 1.807) is 35.2 Å². The van der Waals surface area contributed by atoms with Gasteiger partial charge in [0, 0.05) is 44.4 Å². The van der Waals surface area contributed by atoms with Gasteiger partial charge < -0.3 is 19.9 Å².